The van der Waals surface area contributed by atoms with E-state index >= 15 is 0 Å². The fraction of sp³-hybridized carbons (Fsp3) is 0.360. The molecule has 0 bridgehead atoms. The van der Waals surface area contributed by atoms with E-state index in [1.165, 1.54) is 6.39 Å². The highest BCUT2D eigenvalue weighted by Gasteiger charge is 2.32. The summed E-state index contributed by atoms with van der Waals surface area (Å²) in [6.07, 6.45) is 4.67. The summed E-state index contributed by atoms with van der Waals surface area (Å²) in [5, 5.41) is 0. The van der Waals surface area contributed by atoms with Crippen molar-refractivity contribution < 1.29 is 23.4 Å². The second kappa shape index (κ2) is 9.34. The van der Waals surface area contributed by atoms with Crippen LogP contribution in [-0.2, 0) is 4.74 Å². The number of hydrogen-bond donors (Lipinski definition) is 0. The number of amides is 1. The molecule has 1 unspecified atom stereocenters. The van der Waals surface area contributed by atoms with Crippen molar-refractivity contribution in [1.29, 1.82) is 0 Å². The first-order valence-electron chi connectivity index (χ1n) is 10.8. The molecule has 1 aliphatic rings. The van der Waals surface area contributed by atoms with Crippen molar-refractivity contribution in [3.63, 3.8) is 0 Å². The SMILES string of the molecule is CC(C)(C)OC(=O)N1CCCC1COc1ccc(Oc2ccc(-c3cnco3)cc2)cc1. The smallest absolute Gasteiger partial charge is 0.410 e. The van der Waals surface area contributed by atoms with Crippen LogP contribution in [0, 0.1) is 0 Å². The largest absolute Gasteiger partial charge is 0.491 e. The molecule has 1 saturated heterocycles. The number of likely N-dealkylation sites (tertiary alicyclic amines) is 1. The third-order valence-corrected chi connectivity index (χ3v) is 5.08. The lowest BCUT2D eigenvalue weighted by Gasteiger charge is -2.28. The van der Waals surface area contributed by atoms with Crippen LogP contribution in [0.3, 0.4) is 0 Å². The van der Waals surface area contributed by atoms with Crippen molar-refractivity contribution in [1.82, 2.24) is 9.88 Å². The van der Waals surface area contributed by atoms with E-state index in [0.29, 0.717) is 24.7 Å². The molecule has 0 radical (unpaired) electrons. The van der Waals surface area contributed by atoms with Gasteiger partial charge < -0.3 is 23.5 Å². The van der Waals surface area contributed by atoms with Crippen molar-refractivity contribution in [2.45, 2.75) is 45.3 Å². The van der Waals surface area contributed by atoms with Crippen molar-refractivity contribution in [2.75, 3.05) is 13.2 Å². The zero-order valence-electron chi connectivity index (χ0n) is 18.6. The third kappa shape index (κ3) is 5.60. The maximum absolute atomic E-state index is 12.4. The van der Waals surface area contributed by atoms with Gasteiger partial charge in [0.05, 0.1) is 12.2 Å². The number of carbonyl (C=O) groups excluding carboxylic acids is 1. The predicted octanol–water partition coefficient (Wildman–Crippen LogP) is 5.91. The Labute approximate surface area is 187 Å². The molecule has 2 heterocycles. The minimum absolute atomic E-state index is 0.0173. The molecule has 0 saturated carbocycles. The van der Waals surface area contributed by atoms with Gasteiger partial charge in [-0.05, 0) is 82.1 Å². The molecule has 0 aliphatic carbocycles. The molecule has 4 rings (SSSR count). The van der Waals surface area contributed by atoms with Crippen LogP contribution in [0.25, 0.3) is 11.3 Å². The Bertz CT molecular complexity index is 1010. The van der Waals surface area contributed by atoms with Crippen LogP contribution < -0.4 is 9.47 Å². The summed E-state index contributed by atoms with van der Waals surface area (Å²) in [5.74, 6) is 2.88. The first kappa shape index (κ1) is 21.7. The average Bonchev–Trinajstić information content (AvgIpc) is 3.45. The highest BCUT2D eigenvalue weighted by molar-refractivity contribution is 5.69. The molecule has 2 aromatic carbocycles. The molecule has 3 aromatic rings. The summed E-state index contributed by atoms with van der Waals surface area (Å²) in [6.45, 7) is 6.76. The number of carbonyl (C=O) groups is 1. The van der Waals surface area contributed by atoms with Gasteiger partial charge in [0.15, 0.2) is 12.2 Å². The number of benzene rings is 2. The zero-order chi connectivity index (χ0) is 22.6. The van der Waals surface area contributed by atoms with E-state index in [0.717, 1.165) is 29.9 Å². The maximum Gasteiger partial charge on any atom is 0.410 e. The van der Waals surface area contributed by atoms with Gasteiger partial charge in [-0.25, -0.2) is 9.78 Å². The second-order valence-electron chi connectivity index (χ2n) is 8.74. The molecular formula is C25H28N2O5. The monoisotopic (exact) mass is 436 g/mol. The van der Waals surface area contributed by atoms with Crippen LogP contribution in [-0.4, -0.2) is 40.8 Å². The Morgan fingerprint density at radius 1 is 1.06 bits per heavy atom. The third-order valence-electron chi connectivity index (χ3n) is 5.08. The van der Waals surface area contributed by atoms with Crippen LogP contribution in [0.2, 0.25) is 0 Å². The molecule has 7 heteroatoms. The maximum atomic E-state index is 12.4. The van der Waals surface area contributed by atoms with Crippen LogP contribution in [0.4, 0.5) is 4.79 Å². The van der Waals surface area contributed by atoms with Crippen LogP contribution in [0.5, 0.6) is 17.2 Å². The minimum atomic E-state index is -0.503. The molecule has 1 aliphatic heterocycles. The van der Waals surface area contributed by atoms with E-state index in [2.05, 4.69) is 4.98 Å². The molecule has 1 amide bonds. The van der Waals surface area contributed by atoms with Gasteiger partial charge >= 0.3 is 6.09 Å². The topological polar surface area (TPSA) is 74.0 Å². The second-order valence-corrected chi connectivity index (χ2v) is 8.74. The van der Waals surface area contributed by atoms with E-state index in [1.54, 1.807) is 11.1 Å². The van der Waals surface area contributed by atoms with Crippen molar-refractivity contribution >= 4 is 6.09 Å². The summed E-state index contributed by atoms with van der Waals surface area (Å²) >= 11 is 0. The van der Waals surface area contributed by atoms with E-state index in [4.69, 9.17) is 18.6 Å². The number of hydrogen-bond acceptors (Lipinski definition) is 6. The predicted molar refractivity (Wildman–Crippen MR) is 120 cm³/mol. The highest BCUT2D eigenvalue weighted by Crippen LogP contribution is 2.27. The highest BCUT2D eigenvalue weighted by atomic mass is 16.6. The van der Waals surface area contributed by atoms with Crippen molar-refractivity contribution in [2.24, 2.45) is 0 Å². The van der Waals surface area contributed by atoms with Gasteiger partial charge in [-0.2, -0.15) is 0 Å². The van der Waals surface area contributed by atoms with Crippen LogP contribution in [0.1, 0.15) is 33.6 Å². The van der Waals surface area contributed by atoms with E-state index in [1.807, 2.05) is 69.3 Å². The molecule has 1 fully saturated rings. The Morgan fingerprint density at radius 3 is 2.34 bits per heavy atom. The summed E-state index contributed by atoms with van der Waals surface area (Å²) in [6, 6.07) is 15.1. The van der Waals surface area contributed by atoms with Gasteiger partial charge in [-0.1, -0.05) is 0 Å². The Hall–Kier alpha value is -3.48. The lowest BCUT2D eigenvalue weighted by molar-refractivity contribution is 0.0187. The van der Waals surface area contributed by atoms with Crippen molar-refractivity contribution in [3.8, 4) is 28.6 Å². The van der Waals surface area contributed by atoms with Gasteiger partial charge in [-0.15, -0.1) is 0 Å². The summed E-state index contributed by atoms with van der Waals surface area (Å²) in [5.41, 5.74) is 0.433. The first-order chi connectivity index (χ1) is 15.4. The summed E-state index contributed by atoms with van der Waals surface area (Å²) < 4.78 is 22.7. The van der Waals surface area contributed by atoms with E-state index in [-0.39, 0.29) is 12.1 Å². The average molecular weight is 437 g/mol. The molecule has 1 aromatic heterocycles. The van der Waals surface area contributed by atoms with Gasteiger partial charge in [0.25, 0.3) is 0 Å². The zero-order valence-corrected chi connectivity index (χ0v) is 18.6. The number of ether oxygens (including phenoxy) is 3. The molecule has 0 N–H and O–H groups in total. The lowest BCUT2D eigenvalue weighted by Crippen LogP contribution is -2.42. The standard InChI is InChI=1S/C25H28N2O5/c1-25(2,3)32-24(28)27-14-4-5-19(27)16-29-20-10-12-22(13-11-20)31-21-8-6-18(7-9-21)23-15-26-17-30-23/h6-13,15,17,19H,4-5,14,16H2,1-3H3. The normalized spacial score (nSPS) is 16.1. The molecule has 168 valence electrons. The fourth-order valence-electron chi connectivity index (χ4n) is 3.55. The van der Waals surface area contributed by atoms with Gasteiger partial charge in [0.1, 0.15) is 29.5 Å². The molecule has 1 atom stereocenters. The molecule has 32 heavy (non-hydrogen) atoms. The number of oxazole rings is 1. The molecule has 0 spiro atoms. The Morgan fingerprint density at radius 2 is 1.72 bits per heavy atom. The molecular weight excluding hydrogens is 408 g/mol. The van der Waals surface area contributed by atoms with Gasteiger partial charge in [0.2, 0.25) is 0 Å². The summed E-state index contributed by atoms with van der Waals surface area (Å²) in [4.78, 5) is 18.1. The Balaban J connectivity index is 1.30. The summed E-state index contributed by atoms with van der Waals surface area (Å²) in [7, 11) is 0. The number of nitrogens with zero attached hydrogens (tertiary/aromatic N) is 2. The van der Waals surface area contributed by atoms with Crippen molar-refractivity contribution in [3.05, 3.63) is 61.1 Å². The quantitative estimate of drug-likeness (QED) is 0.478. The number of rotatable bonds is 6. The van der Waals surface area contributed by atoms with Gasteiger partial charge in [-0.3, -0.25) is 0 Å². The van der Waals surface area contributed by atoms with Crippen LogP contribution >= 0.6 is 0 Å². The van der Waals surface area contributed by atoms with Gasteiger partial charge in [0, 0.05) is 12.1 Å². The number of aromatic nitrogens is 1. The molecule has 7 nitrogen and oxygen atoms in total. The van der Waals surface area contributed by atoms with Crippen LogP contribution in [0.15, 0.2) is 65.5 Å². The fourth-order valence-corrected chi connectivity index (χ4v) is 3.55. The minimum Gasteiger partial charge on any atom is -0.491 e. The Kier molecular flexibility index (Phi) is 6.35. The van der Waals surface area contributed by atoms with E-state index < -0.39 is 5.60 Å². The lowest BCUT2D eigenvalue weighted by atomic mass is 10.2. The first-order valence-corrected chi connectivity index (χ1v) is 10.8. The van der Waals surface area contributed by atoms with E-state index in [9.17, 15) is 4.79 Å².